The van der Waals surface area contributed by atoms with Gasteiger partial charge < -0.3 is 19.3 Å². The Morgan fingerprint density at radius 1 is 0.885 bits per heavy atom. The molecule has 2 aromatic carbocycles. The monoisotopic (exact) mass is 356 g/mol. The molecule has 0 heterocycles. The van der Waals surface area contributed by atoms with Crippen LogP contribution in [-0.2, 0) is 4.79 Å². The van der Waals surface area contributed by atoms with Gasteiger partial charge in [-0.15, -0.1) is 0 Å². The van der Waals surface area contributed by atoms with E-state index in [4.69, 9.17) is 9.47 Å². The maximum atomic E-state index is 12.5. The van der Waals surface area contributed by atoms with Crippen molar-refractivity contribution in [1.82, 2.24) is 9.80 Å². The molecule has 2 amide bonds. The summed E-state index contributed by atoms with van der Waals surface area (Å²) >= 11 is 0. The zero-order chi connectivity index (χ0) is 18.9. The van der Waals surface area contributed by atoms with E-state index >= 15 is 0 Å². The highest BCUT2D eigenvalue weighted by molar-refractivity contribution is 5.94. The fourth-order valence-electron chi connectivity index (χ4n) is 2.13. The van der Waals surface area contributed by atoms with Gasteiger partial charge >= 0.3 is 0 Å². The van der Waals surface area contributed by atoms with E-state index in [1.54, 1.807) is 50.3 Å². The van der Waals surface area contributed by atoms with Crippen LogP contribution in [0.2, 0.25) is 0 Å². The average Bonchev–Trinajstić information content (AvgIpc) is 2.66. The van der Waals surface area contributed by atoms with Crippen LogP contribution < -0.4 is 9.47 Å². The predicted octanol–water partition coefficient (Wildman–Crippen LogP) is 2.30. The number of rotatable bonds is 8. The van der Waals surface area contributed by atoms with E-state index in [0.29, 0.717) is 24.5 Å². The van der Waals surface area contributed by atoms with Gasteiger partial charge in [-0.25, -0.2) is 0 Å². The number of nitrogens with zero attached hydrogens (tertiary/aromatic N) is 2. The molecule has 0 unspecified atom stereocenters. The Balaban J connectivity index is 1.87. The van der Waals surface area contributed by atoms with Crippen molar-refractivity contribution in [3.63, 3.8) is 0 Å². The molecule has 0 aliphatic heterocycles. The molecule has 0 atom stereocenters. The maximum absolute atomic E-state index is 12.5. The third kappa shape index (κ3) is 5.81. The Bertz CT molecular complexity index is 732. The van der Waals surface area contributed by atoms with Crippen molar-refractivity contribution < 1.29 is 19.1 Å². The second kappa shape index (κ2) is 9.46. The number of carbonyl (C=O) groups excluding carboxylic acids is 2. The molecular formula is C20H24N2O4. The first-order chi connectivity index (χ1) is 12.5. The van der Waals surface area contributed by atoms with Crippen molar-refractivity contribution in [2.75, 3.05) is 40.9 Å². The van der Waals surface area contributed by atoms with Gasteiger partial charge in [0.1, 0.15) is 18.1 Å². The number of hydrogen-bond acceptors (Lipinski definition) is 4. The van der Waals surface area contributed by atoms with E-state index in [-0.39, 0.29) is 18.4 Å². The second-order valence-electron chi connectivity index (χ2n) is 5.99. The second-order valence-corrected chi connectivity index (χ2v) is 5.99. The summed E-state index contributed by atoms with van der Waals surface area (Å²) in [5.74, 6) is 0.984. The minimum Gasteiger partial charge on any atom is -0.492 e. The first kappa shape index (κ1) is 19.3. The van der Waals surface area contributed by atoms with E-state index in [1.165, 1.54) is 4.90 Å². The first-order valence-electron chi connectivity index (χ1n) is 8.33. The van der Waals surface area contributed by atoms with Crippen LogP contribution in [0.5, 0.6) is 11.5 Å². The molecule has 0 aromatic heterocycles. The Morgan fingerprint density at radius 3 is 2.27 bits per heavy atom. The molecule has 0 radical (unpaired) electrons. The molecule has 2 aromatic rings. The number of benzene rings is 2. The minimum atomic E-state index is -0.142. The van der Waals surface area contributed by atoms with E-state index in [1.807, 2.05) is 30.3 Å². The lowest BCUT2D eigenvalue weighted by atomic mass is 10.2. The summed E-state index contributed by atoms with van der Waals surface area (Å²) in [6.07, 6.45) is 0. The van der Waals surface area contributed by atoms with Gasteiger partial charge in [-0.05, 0) is 30.3 Å². The number of hydrogen-bond donors (Lipinski definition) is 0. The molecule has 6 heteroatoms. The van der Waals surface area contributed by atoms with Crippen LogP contribution in [0.3, 0.4) is 0 Å². The number of carbonyl (C=O) groups is 2. The summed E-state index contributed by atoms with van der Waals surface area (Å²) in [4.78, 5) is 27.2. The topological polar surface area (TPSA) is 59.1 Å². The summed E-state index contributed by atoms with van der Waals surface area (Å²) in [5, 5.41) is 0. The molecule has 0 fully saturated rings. The van der Waals surface area contributed by atoms with Crippen LogP contribution >= 0.6 is 0 Å². The lowest BCUT2D eigenvalue weighted by molar-refractivity contribution is -0.130. The van der Waals surface area contributed by atoms with Gasteiger partial charge in [-0.1, -0.05) is 24.3 Å². The zero-order valence-electron chi connectivity index (χ0n) is 15.3. The maximum Gasteiger partial charge on any atom is 0.259 e. The molecule has 0 saturated heterocycles. The minimum absolute atomic E-state index is 0.0641. The number of likely N-dealkylation sites (N-methyl/N-ethyl adjacent to an activating group) is 2. The fourth-order valence-corrected chi connectivity index (χ4v) is 2.13. The van der Waals surface area contributed by atoms with E-state index in [0.717, 1.165) is 5.75 Å². The van der Waals surface area contributed by atoms with E-state index in [9.17, 15) is 9.59 Å². The van der Waals surface area contributed by atoms with Crippen molar-refractivity contribution in [1.29, 1.82) is 0 Å². The number of para-hydroxylation sites is 1. The molecule has 0 N–H and O–H groups in total. The molecular weight excluding hydrogens is 332 g/mol. The molecule has 0 saturated carbocycles. The van der Waals surface area contributed by atoms with Gasteiger partial charge in [0.15, 0.2) is 6.61 Å². The molecule has 0 spiro atoms. The Labute approximate surface area is 153 Å². The highest BCUT2D eigenvalue weighted by atomic mass is 16.5. The van der Waals surface area contributed by atoms with Crippen molar-refractivity contribution in [2.24, 2.45) is 0 Å². The van der Waals surface area contributed by atoms with Gasteiger partial charge in [0.05, 0.1) is 6.54 Å². The smallest absolute Gasteiger partial charge is 0.259 e. The Kier molecular flexibility index (Phi) is 7.02. The fraction of sp³-hybridized carbons (Fsp3) is 0.300. The molecule has 138 valence electrons. The molecule has 0 aliphatic carbocycles. The molecule has 26 heavy (non-hydrogen) atoms. The van der Waals surface area contributed by atoms with Gasteiger partial charge in [0.25, 0.3) is 11.8 Å². The van der Waals surface area contributed by atoms with E-state index in [2.05, 4.69) is 0 Å². The summed E-state index contributed by atoms with van der Waals surface area (Å²) in [6.45, 7) is 0.795. The first-order valence-corrected chi connectivity index (χ1v) is 8.33. The van der Waals surface area contributed by atoms with Crippen LogP contribution in [0, 0.1) is 0 Å². The normalized spacial score (nSPS) is 10.1. The Hall–Kier alpha value is -3.02. The largest absolute Gasteiger partial charge is 0.492 e. The van der Waals surface area contributed by atoms with Gasteiger partial charge in [0, 0.05) is 26.7 Å². The molecule has 6 nitrogen and oxygen atoms in total. The molecule has 0 aliphatic rings. The summed E-state index contributed by atoms with van der Waals surface area (Å²) < 4.78 is 11.1. The lowest BCUT2D eigenvalue weighted by Crippen LogP contribution is -2.31. The van der Waals surface area contributed by atoms with Crippen LogP contribution in [0.4, 0.5) is 0 Å². The number of ether oxygens (including phenoxy) is 2. The van der Waals surface area contributed by atoms with Gasteiger partial charge in [-0.3, -0.25) is 9.59 Å². The molecule has 0 bridgehead atoms. The predicted molar refractivity (Wildman–Crippen MR) is 99.5 cm³/mol. The zero-order valence-corrected chi connectivity index (χ0v) is 15.3. The van der Waals surface area contributed by atoms with Crippen LogP contribution in [0.25, 0.3) is 0 Å². The summed E-state index contributed by atoms with van der Waals surface area (Å²) in [7, 11) is 5.05. The lowest BCUT2D eigenvalue weighted by Gasteiger charge is -2.18. The van der Waals surface area contributed by atoms with Crippen LogP contribution in [0.1, 0.15) is 10.4 Å². The number of amides is 2. The summed E-state index contributed by atoms with van der Waals surface area (Å²) in [6, 6.07) is 16.3. The highest BCUT2D eigenvalue weighted by Gasteiger charge is 2.13. The van der Waals surface area contributed by atoms with Crippen molar-refractivity contribution in [2.45, 2.75) is 0 Å². The van der Waals surface area contributed by atoms with Gasteiger partial charge in [0.2, 0.25) is 0 Å². The highest BCUT2D eigenvalue weighted by Crippen LogP contribution is 2.15. The third-order valence-corrected chi connectivity index (χ3v) is 3.73. The van der Waals surface area contributed by atoms with Crippen molar-refractivity contribution in [3.05, 3.63) is 60.2 Å². The standard InChI is InChI=1S/C20H24N2O4/c1-21(2)19(23)15-26-18-11-7-8-16(14-18)20(24)22(3)12-13-25-17-9-5-4-6-10-17/h4-11,14H,12-13,15H2,1-3H3. The average molecular weight is 356 g/mol. The third-order valence-electron chi connectivity index (χ3n) is 3.73. The summed E-state index contributed by atoms with van der Waals surface area (Å²) in [5.41, 5.74) is 0.502. The quantitative estimate of drug-likeness (QED) is 0.728. The molecule has 2 rings (SSSR count). The van der Waals surface area contributed by atoms with E-state index < -0.39 is 0 Å². The van der Waals surface area contributed by atoms with Gasteiger partial charge in [-0.2, -0.15) is 0 Å². The van der Waals surface area contributed by atoms with Crippen LogP contribution in [-0.4, -0.2) is 62.5 Å². The Morgan fingerprint density at radius 2 is 1.58 bits per heavy atom. The SMILES string of the molecule is CN(C)C(=O)COc1cccc(C(=O)N(C)CCOc2ccccc2)c1. The van der Waals surface area contributed by atoms with Crippen LogP contribution in [0.15, 0.2) is 54.6 Å². The van der Waals surface area contributed by atoms with Crippen molar-refractivity contribution in [3.8, 4) is 11.5 Å². The van der Waals surface area contributed by atoms with Crippen molar-refractivity contribution >= 4 is 11.8 Å².